The Kier molecular flexibility index (Phi) is 1.78. The molecule has 0 aliphatic carbocycles. The number of hydrogen-bond acceptors (Lipinski definition) is 3. The van der Waals surface area contributed by atoms with Gasteiger partial charge in [0.15, 0.2) is 11.9 Å². The zero-order valence-electron chi connectivity index (χ0n) is 6.48. The summed E-state index contributed by atoms with van der Waals surface area (Å²) in [5.41, 5.74) is -0.932. The SMILES string of the molecule is Cn1nccc1C(C)(O)C=O. The van der Waals surface area contributed by atoms with Gasteiger partial charge in [-0.25, -0.2) is 0 Å². The Bertz CT molecular complexity index is 265. The van der Waals surface area contributed by atoms with Crippen molar-refractivity contribution in [2.45, 2.75) is 12.5 Å². The van der Waals surface area contributed by atoms with Gasteiger partial charge in [-0.2, -0.15) is 5.10 Å². The second-order valence-electron chi connectivity index (χ2n) is 2.61. The first-order valence-corrected chi connectivity index (χ1v) is 3.25. The van der Waals surface area contributed by atoms with Crippen molar-refractivity contribution in [3.63, 3.8) is 0 Å². The van der Waals surface area contributed by atoms with Crippen molar-refractivity contribution in [2.24, 2.45) is 7.05 Å². The van der Waals surface area contributed by atoms with Gasteiger partial charge in [0.25, 0.3) is 0 Å². The highest BCUT2D eigenvalue weighted by atomic mass is 16.3. The van der Waals surface area contributed by atoms with Gasteiger partial charge in [-0.1, -0.05) is 0 Å². The average Bonchev–Trinajstić information content (AvgIpc) is 2.36. The van der Waals surface area contributed by atoms with Crippen LogP contribution in [-0.4, -0.2) is 21.2 Å². The average molecular weight is 154 g/mol. The largest absolute Gasteiger partial charge is 0.376 e. The predicted octanol–water partition coefficient (Wildman–Crippen LogP) is -0.173. The van der Waals surface area contributed by atoms with Crippen LogP contribution in [0.5, 0.6) is 0 Å². The molecule has 11 heavy (non-hydrogen) atoms. The summed E-state index contributed by atoms with van der Waals surface area (Å²) in [5, 5.41) is 13.3. The lowest BCUT2D eigenvalue weighted by Gasteiger charge is -2.14. The van der Waals surface area contributed by atoms with Crippen LogP contribution >= 0.6 is 0 Å². The van der Waals surface area contributed by atoms with Crippen LogP contribution in [0, 0.1) is 0 Å². The van der Waals surface area contributed by atoms with Crippen molar-refractivity contribution in [2.75, 3.05) is 0 Å². The molecule has 0 aromatic carbocycles. The minimum Gasteiger partial charge on any atom is -0.376 e. The van der Waals surface area contributed by atoms with Gasteiger partial charge in [-0.3, -0.25) is 9.48 Å². The van der Waals surface area contributed by atoms with E-state index in [1.807, 2.05) is 0 Å². The van der Waals surface area contributed by atoms with Crippen LogP contribution in [0.4, 0.5) is 0 Å². The molecule has 1 unspecified atom stereocenters. The summed E-state index contributed by atoms with van der Waals surface area (Å²) in [6.45, 7) is 1.43. The fourth-order valence-corrected chi connectivity index (χ4v) is 0.931. The molecule has 1 rings (SSSR count). The highest BCUT2D eigenvalue weighted by Crippen LogP contribution is 2.15. The van der Waals surface area contributed by atoms with E-state index in [2.05, 4.69) is 5.10 Å². The van der Waals surface area contributed by atoms with Crippen molar-refractivity contribution >= 4 is 6.29 Å². The lowest BCUT2D eigenvalue weighted by atomic mass is 10.1. The standard InChI is InChI=1S/C7H10N2O2/c1-7(11,5-10)6-3-4-8-9(6)2/h3-5,11H,1-2H3. The third-order valence-corrected chi connectivity index (χ3v) is 1.57. The predicted molar refractivity (Wildman–Crippen MR) is 38.8 cm³/mol. The van der Waals surface area contributed by atoms with E-state index in [9.17, 15) is 9.90 Å². The first-order chi connectivity index (χ1) is 5.08. The van der Waals surface area contributed by atoms with Crippen LogP contribution in [0.1, 0.15) is 12.6 Å². The van der Waals surface area contributed by atoms with E-state index in [1.54, 1.807) is 13.1 Å². The Balaban J connectivity index is 3.10. The van der Waals surface area contributed by atoms with Gasteiger partial charge in [-0.15, -0.1) is 0 Å². The summed E-state index contributed by atoms with van der Waals surface area (Å²) in [4.78, 5) is 10.4. The van der Waals surface area contributed by atoms with Crippen LogP contribution in [0.2, 0.25) is 0 Å². The number of carbonyl (C=O) groups excluding carboxylic acids is 1. The lowest BCUT2D eigenvalue weighted by Crippen LogP contribution is -2.25. The number of nitrogens with zero attached hydrogens (tertiary/aromatic N) is 2. The van der Waals surface area contributed by atoms with Gasteiger partial charge in [0.05, 0.1) is 5.69 Å². The van der Waals surface area contributed by atoms with E-state index in [0.717, 1.165) is 0 Å². The van der Waals surface area contributed by atoms with E-state index >= 15 is 0 Å². The molecule has 1 atom stereocenters. The summed E-state index contributed by atoms with van der Waals surface area (Å²) in [6, 6.07) is 1.61. The molecule has 0 bridgehead atoms. The lowest BCUT2D eigenvalue weighted by molar-refractivity contribution is -0.123. The second-order valence-corrected chi connectivity index (χ2v) is 2.61. The van der Waals surface area contributed by atoms with Crippen molar-refractivity contribution in [3.05, 3.63) is 18.0 Å². The van der Waals surface area contributed by atoms with Gasteiger partial charge in [-0.05, 0) is 13.0 Å². The van der Waals surface area contributed by atoms with Crippen LogP contribution in [0.25, 0.3) is 0 Å². The van der Waals surface area contributed by atoms with E-state index in [4.69, 9.17) is 0 Å². The Labute approximate surface area is 64.5 Å². The monoisotopic (exact) mass is 154 g/mol. The Hall–Kier alpha value is -1.16. The number of hydrogen-bond donors (Lipinski definition) is 1. The molecule has 1 aromatic heterocycles. The smallest absolute Gasteiger partial charge is 0.158 e. The van der Waals surface area contributed by atoms with Crippen molar-refractivity contribution in [1.29, 1.82) is 0 Å². The molecule has 4 heteroatoms. The minimum atomic E-state index is -1.43. The van der Waals surface area contributed by atoms with Crippen LogP contribution in [0.3, 0.4) is 0 Å². The highest BCUT2D eigenvalue weighted by Gasteiger charge is 2.24. The molecule has 1 aromatic rings. The number of aldehydes is 1. The highest BCUT2D eigenvalue weighted by molar-refractivity contribution is 5.63. The molecule has 60 valence electrons. The van der Waals surface area contributed by atoms with Crippen molar-refractivity contribution < 1.29 is 9.90 Å². The molecule has 0 amide bonds. The molecule has 1 heterocycles. The molecule has 0 saturated heterocycles. The van der Waals surface area contributed by atoms with Crippen LogP contribution < -0.4 is 0 Å². The summed E-state index contributed by atoms with van der Waals surface area (Å²) in [5.74, 6) is 0. The van der Waals surface area contributed by atoms with Gasteiger partial charge in [0.1, 0.15) is 0 Å². The molecule has 1 N–H and O–H groups in total. The third-order valence-electron chi connectivity index (χ3n) is 1.57. The first kappa shape index (κ1) is 7.94. The maximum absolute atomic E-state index is 10.4. The van der Waals surface area contributed by atoms with Crippen molar-refractivity contribution in [1.82, 2.24) is 9.78 Å². The number of carbonyl (C=O) groups is 1. The number of aryl methyl sites for hydroxylation is 1. The normalized spacial score (nSPS) is 15.9. The molecule has 4 nitrogen and oxygen atoms in total. The van der Waals surface area contributed by atoms with Gasteiger partial charge >= 0.3 is 0 Å². The zero-order chi connectivity index (χ0) is 8.48. The number of aliphatic hydroxyl groups is 1. The fraction of sp³-hybridized carbons (Fsp3) is 0.429. The van der Waals surface area contributed by atoms with Gasteiger partial charge < -0.3 is 5.11 Å². The van der Waals surface area contributed by atoms with Crippen molar-refractivity contribution in [3.8, 4) is 0 Å². The Morgan fingerprint density at radius 1 is 1.82 bits per heavy atom. The maximum atomic E-state index is 10.4. The summed E-state index contributed by atoms with van der Waals surface area (Å²) < 4.78 is 1.47. The molecule has 0 aliphatic heterocycles. The van der Waals surface area contributed by atoms with E-state index in [-0.39, 0.29) is 0 Å². The second kappa shape index (κ2) is 2.47. The van der Waals surface area contributed by atoms with E-state index in [1.165, 1.54) is 17.8 Å². The number of aromatic nitrogens is 2. The third kappa shape index (κ3) is 1.30. The maximum Gasteiger partial charge on any atom is 0.158 e. The van der Waals surface area contributed by atoms with Gasteiger partial charge in [0, 0.05) is 13.2 Å². The summed E-state index contributed by atoms with van der Waals surface area (Å²) in [7, 11) is 1.67. The summed E-state index contributed by atoms with van der Waals surface area (Å²) in [6.07, 6.45) is 2.03. The fourth-order valence-electron chi connectivity index (χ4n) is 0.931. The van der Waals surface area contributed by atoms with E-state index in [0.29, 0.717) is 12.0 Å². The topological polar surface area (TPSA) is 55.1 Å². The minimum absolute atomic E-state index is 0.490. The molecule has 0 fully saturated rings. The molecule has 0 spiro atoms. The summed E-state index contributed by atoms with van der Waals surface area (Å²) >= 11 is 0. The molecule has 0 aliphatic rings. The Morgan fingerprint density at radius 2 is 2.45 bits per heavy atom. The molecular formula is C7H10N2O2. The number of rotatable bonds is 2. The Morgan fingerprint density at radius 3 is 2.82 bits per heavy atom. The molecule has 0 radical (unpaired) electrons. The van der Waals surface area contributed by atoms with E-state index < -0.39 is 5.60 Å². The first-order valence-electron chi connectivity index (χ1n) is 3.25. The van der Waals surface area contributed by atoms with Crippen LogP contribution in [-0.2, 0) is 17.4 Å². The zero-order valence-corrected chi connectivity index (χ0v) is 6.48. The van der Waals surface area contributed by atoms with Crippen LogP contribution in [0.15, 0.2) is 12.3 Å². The molecule has 0 saturated carbocycles. The van der Waals surface area contributed by atoms with Gasteiger partial charge in [0.2, 0.25) is 0 Å². The quantitative estimate of drug-likeness (QED) is 0.601. The molecular weight excluding hydrogens is 144 g/mol.